The molecule has 0 amide bonds. The van der Waals surface area contributed by atoms with Gasteiger partial charge < -0.3 is 4.57 Å². The van der Waals surface area contributed by atoms with Gasteiger partial charge in [0, 0.05) is 30.1 Å². The number of rotatable bonds is 7. The van der Waals surface area contributed by atoms with E-state index in [-0.39, 0.29) is 22.6 Å². The Balaban J connectivity index is 2.37. The van der Waals surface area contributed by atoms with Gasteiger partial charge in [-0.1, -0.05) is 56.0 Å². The molecule has 0 spiro atoms. The zero-order valence-corrected chi connectivity index (χ0v) is 19.8. The molecule has 5 heteroatoms. The molecule has 3 nitrogen and oxygen atoms in total. The highest BCUT2D eigenvalue weighted by Crippen LogP contribution is 2.37. The quantitative estimate of drug-likeness (QED) is 0.263. The summed E-state index contributed by atoms with van der Waals surface area (Å²) in [5.74, 6) is -0.641. The second kappa shape index (κ2) is 10.0. The minimum Gasteiger partial charge on any atom is -0.347 e. The number of pyridine rings is 1. The number of ketones is 1. The van der Waals surface area contributed by atoms with E-state index in [2.05, 4.69) is 15.8 Å². The van der Waals surface area contributed by atoms with Crippen molar-refractivity contribution in [3.05, 3.63) is 106 Å². The summed E-state index contributed by atoms with van der Waals surface area (Å²) in [6.07, 6.45) is 2.42. The molecule has 0 bridgehead atoms. The number of hydrogen-bond donors (Lipinski definition) is 0. The van der Waals surface area contributed by atoms with Crippen LogP contribution < -0.4 is 10.7 Å². The van der Waals surface area contributed by atoms with Crippen LogP contribution in [0.1, 0.15) is 54.4 Å². The van der Waals surface area contributed by atoms with E-state index in [0.29, 0.717) is 34.5 Å². The van der Waals surface area contributed by atoms with Crippen LogP contribution >= 0.6 is 9.24 Å². The fraction of sp³-hybridized carbons (Fsp3) is 0.185. The summed E-state index contributed by atoms with van der Waals surface area (Å²) in [6, 6.07) is 15.8. The van der Waals surface area contributed by atoms with Crippen molar-refractivity contribution in [3.8, 4) is 0 Å². The first-order chi connectivity index (χ1) is 15.3. The average molecular weight is 447 g/mol. The predicted octanol–water partition coefficient (Wildman–Crippen LogP) is 5.74. The van der Waals surface area contributed by atoms with E-state index < -0.39 is 0 Å². The van der Waals surface area contributed by atoms with Crippen molar-refractivity contribution in [1.29, 1.82) is 0 Å². The van der Waals surface area contributed by atoms with Gasteiger partial charge in [0.25, 0.3) is 0 Å². The van der Waals surface area contributed by atoms with Crippen molar-refractivity contribution in [1.82, 2.24) is 4.57 Å². The Bertz CT molecular complexity index is 1290. The van der Waals surface area contributed by atoms with Crippen molar-refractivity contribution in [2.75, 3.05) is 0 Å². The summed E-state index contributed by atoms with van der Waals surface area (Å²) in [6.45, 7) is 10.2. The summed E-state index contributed by atoms with van der Waals surface area (Å²) >= 11 is 0. The van der Waals surface area contributed by atoms with E-state index in [1.165, 1.54) is 19.1 Å². The van der Waals surface area contributed by atoms with Crippen LogP contribution in [0.3, 0.4) is 0 Å². The molecule has 0 N–H and O–H groups in total. The normalized spacial score (nSPS) is 11.8. The smallest absolute Gasteiger partial charge is 0.192 e. The van der Waals surface area contributed by atoms with Crippen LogP contribution in [0.15, 0.2) is 72.2 Å². The maximum Gasteiger partial charge on any atom is 0.192 e. The van der Waals surface area contributed by atoms with Gasteiger partial charge in [0.15, 0.2) is 11.2 Å². The van der Waals surface area contributed by atoms with Crippen molar-refractivity contribution >= 4 is 37.0 Å². The molecule has 32 heavy (non-hydrogen) atoms. The zero-order valence-electron chi connectivity index (χ0n) is 18.6. The van der Waals surface area contributed by atoms with Gasteiger partial charge in [-0.3, -0.25) is 9.59 Å². The molecule has 0 aliphatic rings. The first kappa shape index (κ1) is 23.6. The van der Waals surface area contributed by atoms with Crippen LogP contribution in [-0.2, 0) is 6.54 Å². The molecule has 1 unspecified atom stereocenters. The largest absolute Gasteiger partial charge is 0.347 e. The molecule has 1 aromatic heterocycles. The van der Waals surface area contributed by atoms with Crippen LogP contribution in [0.5, 0.6) is 0 Å². The molecule has 3 aromatic rings. The SMILES string of the molecule is C=C(/C(=C(\C)c1cc(=O)c(C(C)=O)cn1CCC)c1ccccc1F)c1ccccc1P. The van der Waals surface area contributed by atoms with Gasteiger partial charge in [-0.15, -0.1) is 9.24 Å². The van der Waals surface area contributed by atoms with Gasteiger partial charge in [-0.25, -0.2) is 4.39 Å². The molecule has 3 rings (SSSR count). The Hall–Kier alpha value is -3.10. The van der Waals surface area contributed by atoms with Gasteiger partial charge in [0.05, 0.1) is 5.56 Å². The highest BCUT2D eigenvalue weighted by molar-refractivity contribution is 7.27. The summed E-state index contributed by atoms with van der Waals surface area (Å²) in [5.41, 5.74) is 3.73. The maximum absolute atomic E-state index is 15.0. The lowest BCUT2D eigenvalue weighted by atomic mass is 9.88. The Morgan fingerprint density at radius 2 is 1.66 bits per heavy atom. The third kappa shape index (κ3) is 4.71. The fourth-order valence-corrected chi connectivity index (χ4v) is 4.26. The Kier molecular flexibility index (Phi) is 7.37. The van der Waals surface area contributed by atoms with E-state index in [1.807, 2.05) is 42.7 Å². The van der Waals surface area contributed by atoms with Crippen LogP contribution in [0, 0.1) is 5.82 Å². The van der Waals surface area contributed by atoms with Crippen LogP contribution in [0.4, 0.5) is 4.39 Å². The first-order valence-electron chi connectivity index (χ1n) is 10.5. The number of hydrogen-bond acceptors (Lipinski definition) is 2. The van der Waals surface area contributed by atoms with E-state index in [1.54, 1.807) is 24.4 Å². The molecule has 0 saturated carbocycles. The topological polar surface area (TPSA) is 39.1 Å². The van der Waals surface area contributed by atoms with Gasteiger partial charge in [0.2, 0.25) is 0 Å². The summed E-state index contributed by atoms with van der Waals surface area (Å²) in [5, 5.41) is 0.942. The second-order valence-corrected chi connectivity index (χ2v) is 8.35. The van der Waals surface area contributed by atoms with Crippen LogP contribution in [-0.4, -0.2) is 10.4 Å². The lowest BCUT2D eigenvalue weighted by Crippen LogP contribution is -2.19. The van der Waals surface area contributed by atoms with Crippen LogP contribution in [0.2, 0.25) is 0 Å². The summed E-state index contributed by atoms with van der Waals surface area (Å²) in [4.78, 5) is 24.6. The Labute approximate surface area is 190 Å². The number of aryl methyl sites for hydroxylation is 1. The summed E-state index contributed by atoms with van der Waals surface area (Å²) in [7, 11) is 2.69. The minimum absolute atomic E-state index is 0.150. The standard InChI is InChI=1S/C27H27FNO2P/c1-5-14-29-16-22(19(4)30)25(31)15-24(29)18(3)27(21-11-6-8-12-23(21)28)17(2)20-10-7-9-13-26(20)32/h6-13,15-16H,2,5,14,32H2,1,3-4H3/b27-18-. The third-order valence-electron chi connectivity index (χ3n) is 5.46. The molecule has 0 radical (unpaired) electrons. The molecular weight excluding hydrogens is 420 g/mol. The van der Waals surface area contributed by atoms with E-state index in [4.69, 9.17) is 0 Å². The number of allylic oxidation sites excluding steroid dienone is 3. The van der Waals surface area contributed by atoms with Gasteiger partial charge in [-0.05, 0) is 53.9 Å². The Morgan fingerprint density at radius 1 is 1.03 bits per heavy atom. The van der Waals surface area contributed by atoms with Crippen molar-refractivity contribution in [2.24, 2.45) is 0 Å². The molecule has 2 aromatic carbocycles. The number of nitrogens with zero attached hydrogens (tertiary/aromatic N) is 1. The number of benzene rings is 2. The van der Waals surface area contributed by atoms with Crippen molar-refractivity contribution in [2.45, 2.75) is 33.7 Å². The zero-order chi connectivity index (χ0) is 23.4. The molecule has 0 fully saturated rings. The average Bonchev–Trinajstić information content (AvgIpc) is 2.76. The maximum atomic E-state index is 15.0. The number of carbonyl (C=O) groups is 1. The van der Waals surface area contributed by atoms with Gasteiger partial charge >= 0.3 is 0 Å². The molecule has 0 aliphatic heterocycles. The molecular formula is C27H27FNO2P. The van der Waals surface area contributed by atoms with Crippen LogP contribution in [0.25, 0.3) is 16.7 Å². The monoisotopic (exact) mass is 447 g/mol. The predicted molar refractivity (Wildman–Crippen MR) is 135 cm³/mol. The summed E-state index contributed by atoms with van der Waals surface area (Å²) < 4.78 is 16.9. The lowest BCUT2D eigenvalue weighted by molar-refractivity contribution is 0.101. The molecule has 0 aliphatic carbocycles. The molecule has 0 saturated heterocycles. The van der Waals surface area contributed by atoms with E-state index in [0.717, 1.165) is 17.3 Å². The minimum atomic E-state index is -0.367. The van der Waals surface area contributed by atoms with E-state index in [9.17, 15) is 14.0 Å². The lowest BCUT2D eigenvalue weighted by Gasteiger charge is -2.21. The molecule has 1 heterocycles. The number of aromatic nitrogens is 1. The van der Waals surface area contributed by atoms with Crippen molar-refractivity contribution < 1.29 is 9.18 Å². The molecule has 1 atom stereocenters. The highest BCUT2D eigenvalue weighted by Gasteiger charge is 2.20. The second-order valence-electron chi connectivity index (χ2n) is 7.73. The number of Topliss-reactive ketones (excluding diaryl/α,β-unsaturated/α-hetero) is 1. The highest BCUT2D eigenvalue weighted by atomic mass is 31.0. The Morgan fingerprint density at radius 3 is 2.25 bits per heavy atom. The fourth-order valence-electron chi connectivity index (χ4n) is 3.88. The van der Waals surface area contributed by atoms with Gasteiger partial charge in [-0.2, -0.15) is 0 Å². The van der Waals surface area contributed by atoms with E-state index >= 15 is 0 Å². The van der Waals surface area contributed by atoms with Gasteiger partial charge in [0.1, 0.15) is 5.82 Å². The third-order valence-corrected chi connectivity index (χ3v) is 5.96. The first-order valence-corrected chi connectivity index (χ1v) is 11.1. The molecule has 164 valence electrons. The van der Waals surface area contributed by atoms with Crippen molar-refractivity contribution in [3.63, 3.8) is 0 Å². The number of carbonyl (C=O) groups excluding carboxylic acids is 1. The number of halogens is 1.